The van der Waals surface area contributed by atoms with Crippen molar-refractivity contribution < 1.29 is 24.2 Å². The summed E-state index contributed by atoms with van der Waals surface area (Å²) in [7, 11) is 2.85. The molecule has 0 heterocycles. The van der Waals surface area contributed by atoms with E-state index in [1.54, 1.807) is 0 Å². The predicted octanol–water partition coefficient (Wildman–Crippen LogP) is 3.92. The molecule has 0 saturated heterocycles. The van der Waals surface area contributed by atoms with E-state index in [0.717, 1.165) is 12.0 Å². The van der Waals surface area contributed by atoms with Crippen LogP contribution in [-0.2, 0) is 4.79 Å². The standard InChI is InChI=1S/C20H23NO5/c1-4-13(14-8-6-5-7-9-14)12-18(22)21-16-10-15(20(23)24)11-17(25-2)19(16)26-3/h5-11,13H,4,12H2,1-3H3,(H,21,22)(H,23,24). The van der Waals surface area contributed by atoms with Crippen LogP contribution in [0.5, 0.6) is 11.5 Å². The van der Waals surface area contributed by atoms with Gasteiger partial charge in [0.25, 0.3) is 0 Å². The van der Waals surface area contributed by atoms with Crippen molar-refractivity contribution in [2.75, 3.05) is 19.5 Å². The number of ether oxygens (including phenoxy) is 2. The highest BCUT2D eigenvalue weighted by atomic mass is 16.5. The molecule has 2 rings (SSSR count). The summed E-state index contributed by atoms with van der Waals surface area (Å²) >= 11 is 0. The van der Waals surface area contributed by atoms with Crippen LogP contribution in [0.3, 0.4) is 0 Å². The maximum atomic E-state index is 12.5. The third kappa shape index (κ3) is 4.53. The van der Waals surface area contributed by atoms with Gasteiger partial charge in [-0.2, -0.15) is 0 Å². The summed E-state index contributed by atoms with van der Waals surface area (Å²) in [5, 5.41) is 12.0. The fourth-order valence-corrected chi connectivity index (χ4v) is 2.83. The third-order valence-electron chi connectivity index (χ3n) is 4.20. The zero-order chi connectivity index (χ0) is 19.1. The van der Waals surface area contributed by atoms with Crippen LogP contribution in [0.15, 0.2) is 42.5 Å². The van der Waals surface area contributed by atoms with E-state index in [2.05, 4.69) is 5.32 Å². The molecule has 0 saturated carbocycles. The van der Waals surface area contributed by atoms with Crippen molar-refractivity contribution in [1.82, 2.24) is 0 Å². The zero-order valence-electron chi connectivity index (χ0n) is 15.1. The van der Waals surface area contributed by atoms with Crippen molar-refractivity contribution in [3.8, 4) is 11.5 Å². The number of anilines is 1. The molecule has 138 valence electrons. The number of carboxylic acids is 1. The average molecular weight is 357 g/mol. The molecule has 1 amide bonds. The van der Waals surface area contributed by atoms with E-state index in [-0.39, 0.29) is 35.2 Å². The number of carbonyl (C=O) groups is 2. The number of hydrogen-bond donors (Lipinski definition) is 2. The average Bonchev–Trinajstić information content (AvgIpc) is 2.65. The lowest BCUT2D eigenvalue weighted by molar-refractivity contribution is -0.116. The molecular weight excluding hydrogens is 334 g/mol. The molecule has 0 fully saturated rings. The molecule has 0 bridgehead atoms. The molecule has 6 nitrogen and oxygen atoms in total. The van der Waals surface area contributed by atoms with Crippen LogP contribution in [0.1, 0.15) is 41.6 Å². The minimum absolute atomic E-state index is 0.00745. The van der Waals surface area contributed by atoms with Gasteiger partial charge in [0, 0.05) is 6.42 Å². The summed E-state index contributed by atoms with van der Waals surface area (Å²) in [6.45, 7) is 2.03. The van der Waals surface area contributed by atoms with Gasteiger partial charge in [-0.25, -0.2) is 4.79 Å². The van der Waals surface area contributed by atoms with E-state index in [9.17, 15) is 14.7 Å². The number of carboxylic acid groups (broad SMARTS) is 1. The van der Waals surface area contributed by atoms with E-state index in [4.69, 9.17) is 9.47 Å². The maximum Gasteiger partial charge on any atom is 0.335 e. The number of carbonyl (C=O) groups excluding carboxylic acids is 1. The Morgan fingerprint density at radius 2 is 1.81 bits per heavy atom. The van der Waals surface area contributed by atoms with Crippen molar-refractivity contribution in [1.29, 1.82) is 0 Å². The largest absolute Gasteiger partial charge is 0.493 e. The van der Waals surface area contributed by atoms with Crippen molar-refractivity contribution >= 4 is 17.6 Å². The summed E-state index contributed by atoms with van der Waals surface area (Å²) in [4.78, 5) is 23.9. The molecule has 2 N–H and O–H groups in total. The normalized spacial score (nSPS) is 11.5. The van der Waals surface area contributed by atoms with Crippen LogP contribution >= 0.6 is 0 Å². The Bertz CT molecular complexity index is 773. The summed E-state index contributed by atoms with van der Waals surface area (Å²) in [6.07, 6.45) is 1.09. The van der Waals surface area contributed by atoms with Crippen LogP contribution in [0.25, 0.3) is 0 Å². The quantitative estimate of drug-likeness (QED) is 0.748. The molecule has 1 unspecified atom stereocenters. The Morgan fingerprint density at radius 1 is 1.12 bits per heavy atom. The van der Waals surface area contributed by atoms with Crippen molar-refractivity contribution in [3.63, 3.8) is 0 Å². The number of amides is 1. The number of nitrogens with one attached hydrogen (secondary N) is 1. The molecule has 0 spiro atoms. The maximum absolute atomic E-state index is 12.5. The van der Waals surface area contributed by atoms with Gasteiger partial charge >= 0.3 is 5.97 Å². The van der Waals surface area contributed by atoms with Crippen LogP contribution in [0, 0.1) is 0 Å². The Kier molecular flexibility index (Phi) is 6.60. The van der Waals surface area contributed by atoms with E-state index in [0.29, 0.717) is 5.75 Å². The molecular formula is C20H23NO5. The lowest BCUT2D eigenvalue weighted by Gasteiger charge is -2.17. The fourth-order valence-electron chi connectivity index (χ4n) is 2.83. The van der Waals surface area contributed by atoms with Gasteiger partial charge in [-0.15, -0.1) is 0 Å². The Hall–Kier alpha value is -3.02. The first-order valence-corrected chi connectivity index (χ1v) is 8.34. The van der Waals surface area contributed by atoms with Crippen LogP contribution in [0.4, 0.5) is 5.69 Å². The molecule has 2 aromatic carbocycles. The fraction of sp³-hybridized carbons (Fsp3) is 0.300. The summed E-state index contributed by atoms with van der Waals surface area (Å²) in [5.41, 5.74) is 1.37. The van der Waals surface area contributed by atoms with Gasteiger partial charge in [0.2, 0.25) is 5.91 Å². The zero-order valence-corrected chi connectivity index (χ0v) is 15.1. The molecule has 26 heavy (non-hydrogen) atoms. The van der Waals surface area contributed by atoms with Gasteiger partial charge in [-0.1, -0.05) is 37.3 Å². The van der Waals surface area contributed by atoms with Crippen molar-refractivity contribution in [3.05, 3.63) is 53.6 Å². The second kappa shape index (κ2) is 8.89. The van der Waals surface area contributed by atoms with E-state index < -0.39 is 5.97 Å². The molecule has 0 aliphatic carbocycles. The number of hydrogen-bond acceptors (Lipinski definition) is 4. The smallest absolute Gasteiger partial charge is 0.335 e. The molecule has 0 aromatic heterocycles. The minimum Gasteiger partial charge on any atom is -0.493 e. The summed E-state index contributed by atoms with van der Waals surface area (Å²) < 4.78 is 10.5. The first-order chi connectivity index (χ1) is 12.5. The lowest BCUT2D eigenvalue weighted by Crippen LogP contribution is -2.16. The predicted molar refractivity (Wildman–Crippen MR) is 99.2 cm³/mol. The molecule has 0 radical (unpaired) electrons. The molecule has 6 heteroatoms. The monoisotopic (exact) mass is 357 g/mol. The summed E-state index contributed by atoms with van der Waals surface area (Å²) in [5.74, 6) is -0.719. The third-order valence-corrected chi connectivity index (χ3v) is 4.20. The Balaban J connectivity index is 2.24. The van der Waals surface area contributed by atoms with E-state index >= 15 is 0 Å². The highest BCUT2D eigenvalue weighted by molar-refractivity contribution is 5.97. The molecule has 1 atom stereocenters. The SMILES string of the molecule is CCC(CC(=O)Nc1cc(C(=O)O)cc(OC)c1OC)c1ccccc1. The molecule has 0 aliphatic rings. The van der Waals surface area contributed by atoms with Gasteiger partial charge < -0.3 is 19.9 Å². The lowest BCUT2D eigenvalue weighted by atomic mass is 9.93. The molecule has 2 aromatic rings. The van der Waals surface area contributed by atoms with Gasteiger partial charge in [-0.05, 0) is 30.0 Å². The second-order valence-corrected chi connectivity index (χ2v) is 5.83. The van der Waals surface area contributed by atoms with Gasteiger partial charge in [0.15, 0.2) is 11.5 Å². The van der Waals surface area contributed by atoms with Gasteiger partial charge in [0.05, 0.1) is 25.5 Å². The van der Waals surface area contributed by atoms with Crippen molar-refractivity contribution in [2.24, 2.45) is 0 Å². The number of methoxy groups -OCH3 is 2. The van der Waals surface area contributed by atoms with Crippen LogP contribution < -0.4 is 14.8 Å². The van der Waals surface area contributed by atoms with Gasteiger partial charge in [0.1, 0.15) is 0 Å². The second-order valence-electron chi connectivity index (χ2n) is 5.83. The van der Waals surface area contributed by atoms with Crippen molar-refractivity contribution in [2.45, 2.75) is 25.7 Å². The van der Waals surface area contributed by atoms with Crippen LogP contribution in [-0.4, -0.2) is 31.2 Å². The van der Waals surface area contributed by atoms with Gasteiger partial charge in [-0.3, -0.25) is 4.79 Å². The Morgan fingerprint density at radius 3 is 2.35 bits per heavy atom. The first-order valence-electron chi connectivity index (χ1n) is 8.34. The number of aromatic carboxylic acids is 1. The number of rotatable bonds is 8. The first kappa shape index (κ1) is 19.3. The van der Waals surface area contributed by atoms with E-state index in [1.807, 2.05) is 37.3 Å². The molecule has 0 aliphatic heterocycles. The topological polar surface area (TPSA) is 84.9 Å². The van der Waals surface area contributed by atoms with Crippen LogP contribution in [0.2, 0.25) is 0 Å². The highest BCUT2D eigenvalue weighted by Gasteiger charge is 2.19. The van der Waals surface area contributed by atoms with E-state index in [1.165, 1.54) is 26.4 Å². The summed E-state index contributed by atoms with van der Waals surface area (Å²) in [6, 6.07) is 12.5. The Labute approximate surface area is 152 Å². The number of benzene rings is 2. The minimum atomic E-state index is -1.11. The highest BCUT2D eigenvalue weighted by Crippen LogP contribution is 2.37.